The lowest BCUT2D eigenvalue weighted by Crippen LogP contribution is -2.22. The Hall–Kier alpha value is -0.400. The molecule has 0 radical (unpaired) electrons. The van der Waals surface area contributed by atoms with Gasteiger partial charge in [-0.3, -0.25) is 0 Å². The molecule has 0 aliphatic heterocycles. The second-order valence-corrected chi connectivity index (χ2v) is 8.77. The lowest BCUT2D eigenvalue weighted by Gasteiger charge is -2.04. The minimum absolute atomic E-state index is 0.244. The van der Waals surface area contributed by atoms with Crippen LogP contribution in [0.25, 0.3) is 0 Å². The monoisotopic (exact) mass is 379 g/mol. The number of rotatable bonds is 4. The van der Waals surface area contributed by atoms with Crippen molar-refractivity contribution in [3.63, 3.8) is 0 Å². The molecule has 0 bridgehead atoms. The highest BCUT2D eigenvalue weighted by atomic mass is 79.9. The predicted molar refractivity (Wildman–Crippen MR) is 82.2 cm³/mol. The van der Waals surface area contributed by atoms with E-state index in [0.29, 0.717) is 9.23 Å². The Bertz CT molecular complexity index is 661. The first kappa shape index (κ1) is 15.0. The van der Waals surface area contributed by atoms with Crippen LogP contribution in [-0.2, 0) is 16.6 Å². The van der Waals surface area contributed by atoms with Crippen LogP contribution in [0.4, 0.5) is 0 Å². The van der Waals surface area contributed by atoms with Gasteiger partial charge in [0.2, 0.25) is 10.0 Å². The maximum absolute atomic E-state index is 12.1. The van der Waals surface area contributed by atoms with Crippen LogP contribution in [-0.4, -0.2) is 8.42 Å². The number of sulfonamides is 1. The maximum atomic E-state index is 12.1. The summed E-state index contributed by atoms with van der Waals surface area (Å²) in [7, 11) is -3.46. The van der Waals surface area contributed by atoms with Crippen LogP contribution in [0.2, 0.25) is 5.02 Å². The van der Waals surface area contributed by atoms with Crippen LogP contribution in [0.15, 0.2) is 38.3 Å². The van der Waals surface area contributed by atoms with Gasteiger partial charge in [-0.1, -0.05) is 23.7 Å². The Balaban J connectivity index is 2.11. The fourth-order valence-electron chi connectivity index (χ4n) is 1.42. The van der Waals surface area contributed by atoms with Crippen molar-refractivity contribution in [2.75, 3.05) is 0 Å². The molecule has 1 aromatic heterocycles. The average molecular weight is 381 g/mol. The van der Waals surface area contributed by atoms with Crippen LogP contribution >= 0.6 is 38.9 Å². The molecule has 1 aromatic carbocycles. The van der Waals surface area contributed by atoms with Gasteiger partial charge in [-0.15, -0.1) is 11.3 Å². The summed E-state index contributed by atoms with van der Waals surface area (Å²) in [5, 5.41) is 0.629. The van der Waals surface area contributed by atoms with Gasteiger partial charge in [0, 0.05) is 11.6 Å². The number of hydrogen-bond donors (Lipinski definition) is 1. The van der Waals surface area contributed by atoms with Crippen molar-refractivity contribution in [1.29, 1.82) is 0 Å². The normalized spacial score (nSPS) is 11.7. The third-order valence-electron chi connectivity index (χ3n) is 2.48. The van der Waals surface area contributed by atoms with Crippen molar-refractivity contribution in [2.24, 2.45) is 0 Å². The number of benzene rings is 1. The number of hydrogen-bond acceptors (Lipinski definition) is 3. The van der Waals surface area contributed by atoms with E-state index in [1.807, 2.05) is 6.92 Å². The largest absolute Gasteiger partial charge is 0.250 e. The second-order valence-electron chi connectivity index (χ2n) is 3.97. The molecule has 1 N–H and O–H groups in total. The van der Waals surface area contributed by atoms with Gasteiger partial charge in [0.15, 0.2) is 0 Å². The number of aryl methyl sites for hydroxylation is 1. The summed E-state index contributed by atoms with van der Waals surface area (Å²) in [5.74, 6) is 0. The molecule has 1 heterocycles. The molecule has 7 heteroatoms. The molecule has 0 saturated heterocycles. The van der Waals surface area contributed by atoms with Crippen molar-refractivity contribution in [1.82, 2.24) is 4.72 Å². The highest BCUT2D eigenvalue weighted by Crippen LogP contribution is 2.30. The molecule has 0 amide bonds. The molecule has 0 aliphatic carbocycles. The van der Waals surface area contributed by atoms with E-state index in [9.17, 15) is 8.42 Å². The molecule has 0 spiro atoms. The van der Waals surface area contributed by atoms with Gasteiger partial charge in [0.25, 0.3) is 0 Å². The maximum Gasteiger partial charge on any atom is 0.250 e. The lowest BCUT2D eigenvalue weighted by molar-refractivity contribution is 0.583. The average Bonchev–Trinajstić information content (AvgIpc) is 2.70. The summed E-state index contributed by atoms with van der Waals surface area (Å²) in [6.45, 7) is 2.10. The Kier molecular flexibility index (Phi) is 4.68. The molecule has 102 valence electrons. The SMILES string of the molecule is Cc1cc(S(=O)(=O)NCc2ccc(Cl)cc2)sc1Br. The van der Waals surface area contributed by atoms with E-state index in [-0.39, 0.29) is 6.54 Å². The zero-order chi connectivity index (χ0) is 14.0. The summed E-state index contributed by atoms with van der Waals surface area (Å²) in [5.41, 5.74) is 1.78. The summed E-state index contributed by atoms with van der Waals surface area (Å²) >= 11 is 10.3. The molecule has 3 nitrogen and oxygen atoms in total. The van der Waals surface area contributed by atoms with Gasteiger partial charge in [-0.2, -0.15) is 0 Å². The molecule has 0 unspecified atom stereocenters. The van der Waals surface area contributed by atoms with E-state index < -0.39 is 10.0 Å². The quantitative estimate of drug-likeness (QED) is 0.873. The third-order valence-corrected chi connectivity index (χ3v) is 6.74. The zero-order valence-electron chi connectivity index (χ0n) is 9.98. The first-order valence-electron chi connectivity index (χ1n) is 5.38. The van der Waals surface area contributed by atoms with Crippen LogP contribution in [0.5, 0.6) is 0 Å². The van der Waals surface area contributed by atoms with E-state index in [0.717, 1.165) is 14.9 Å². The van der Waals surface area contributed by atoms with Gasteiger partial charge in [-0.25, -0.2) is 13.1 Å². The van der Waals surface area contributed by atoms with E-state index in [1.54, 1.807) is 30.3 Å². The Labute approximate surface area is 129 Å². The Morgan fingerprint density at radius 1 is 1.32 bits per heavy atom. The van der Waals surface area contributed by atoms with Crippen molar-refractivity contribution in [2.45, 2.75) is 17.7 Å². The van der Waals surface area contributed by atoms with Crippen molar-refractivity contribution >= 4 is 48.9 Å². The molecule has 0 atom stereocenters. The van der Waals surface area contributed by atoms with E-state index in [4.69, 9.17) is 11.6 Å². The zero-order valence-corrected chi connectivity index (χ0v) is 14.0. The van der Waals surface area contributed by atoms with Crippen LogP contribution in [0.3, 0.4) is 0 Å². The molecule has 0 fully saturated rings. The molecule has 2 rings (SSSR count). The van der Waals surface area contributed by atoms with Crippen molar-refractivity contribution in [3.8, 4) is 0 Å². The van der Waals surface area contributed by atoms with Gasteiger partial charge in [0.05, 0.1) is 3.79 Å². The second kappa shape index (κ2) is 5.93. The highest BCUT2D eigenvalue weighted by molar-refractivity contribution is 9.11. The Morgan fingerprint density at radius 3 is 2.47 bits per heavy atom. The molecule has 0 saturated carbocycles. The fraction of sp³-hybridized carbons (Fsp3) is 0.167. The summed E-state index contributed by atoms with van der Waals surface area (Å²) in [4.78, 5) is 0. The standard InChI is InChI=1S/C12H11BrClNO2S2/c1-8-6-11(18-12(8)13)19(16,17)15-7-9-2-4-10(14)5-3-9/h2-6,15H,7H2,1H3. The molecule has 0 aliphatic rings. The first-order valence-corrected chi connectivity index (χ1v) is 8.85. The van der Waals surface area contributed by atoms with Gasteiger partial charge >= 0.3 is 0 Å². The smallest absolute Gasteiger partial charge is 0.206 e. The minimum Gasteiger partial charge on any atom is -0.206 e. The number of thiophene rings is 1. The summed E-state index contributed by atoms with van der Waals surface area (Å²) in [6.07, 6.45) is 0. The lowest BCUT2D eigenvalue weighted by atomic mass is 10.2. The van der Waals surface area contributed by atoms with E-state index >= 15 is 0 Å². The number of halogens is 2. The molecular formula is C12H11BrClNO2S2. The minimum atomic E-state index is -3.46. The van der Waals surface area contributed by atoms with E-state index in [1.165, 1.54) is 11.3 Å². The first-order chi connectivity index (χ1) is 8.88. The fourth-order valence-corrected chi connectivity index (χ4v) is 4.83. The summed E-state index contributed by atoms with van der Waals surface area (Å²) < 4.78 is 27.9. The highest BCUT2D eigenvalue weighted by Gasteiger charge is 2.17. The van der Waals surface area contributed by atoms with Crippen LogP contribution in [0.1, 0.15) is 11.1 Å². The van der Waals surface area contributed by atoms with Gasteiger partial charge in [-0.05, 0) is 52.2 Å². The molecule has 19 heavy (non-hydrogen) atoms. The molecule has 2 aromatic rings. The predicted octanol–water partition coefficient (Wildman–Crippen LogP) is 3.95. The third kappa shape index (κ3) is 3.79. The van der Waals surface area contributed by atoms with Gasteiger partial charge < -0.3 is 0 Å². The summed E-state index contributed by atoms with van der Waals surface area (Å²) in [6, 6.07) is 8.70. The van der Waals surface area contributed by atoms with Crippen LogP contribution in [0, 0.1) is 6.92 Å². The van der Waals surface area contributed by atoms with Crippen molar-refractivity contribution in [3.05, 3.63) is 50.3 Å². The van der Waals surface area contributed by atoms with Crippen LogP contribution < -0.4 is 4.72 Å². The topological polar surface area (TPSA) is 46.2 Å². The van der Waals surface area contributed by atoms with Gasteiger partial charge in [0.1, 0.15) is 4.21 Å². The van der Waals surface area contributed by atoms with Crippen molar-refractivity contribution < 1.29 is 8.42 Å². The van der Waals surface area contributed by atoms with E-state index in [2.05, 4.69) is 20.7 Å². The Morgan fingerprint density at radius 2 is 1.95 bits per heavy atom. The molecular weight excluding hydrogens is 370 g/mol. The number of nitrogens with one attached hydrogen (secondary N) is 1.